The summed E-state index contributed by atoms with van der Waals surface area (Å²) in [5.74, 6) is 0.415. The molecule has 1 saturated heterocycles. The third-order valence-electron chi connectivity index (χ3n) is 3.52. The van der Waals surface area contributed by atoms with E-state index in [-0.39, 0.29) is 0 Å². The Morgan fingerprint density at radius 3 is 3.00 bits per heavy atom. The zero-order chi connectivity index (χ0) is 12.4. The van der Waals surface area contributed by atoms with Crippen molar-refractivity contribution in [1.29, 1.82) is 0 Å². The average Bonchev–Trinajstić information content (AvgIpc) is 2.76. The molecular weight excluding hydrogens is 216 g/mol. The first-order chi connectivity index (χ1) is 8.13. The summed E-state index contributed by atoms with van der Waals surface area (Å²) in [5.41, 5.74) is 1.13. The zero-order valence-corrected chi connectivity index (χ0v) is 10.3. The predicted molar refractivity (Wildman–Crippen MR) is 66.5 cm³/mol. The number of hydrogen-bond acceptors (Lipinski definition) is 3. The Morgan fingerprint density at radius 2 is 2.41 bits per heavy atom. The van der Waals surface area contributed by atoms with E-state index >= 15 is 0 Å². The number of aromatic carboxylic acids is 1. The maximum absolute atomic E-state index is 11.3. The maximum atomic E-state index is 11.3. The van der Waals surface area contributed by atoms with Gasteiger partial charge in [-0.25, -0.2) is 9.78 Å². The molecule has 4 nitrogen and oxygen atoms in total. The minimum atomic E-state index is -0.884. The van der Waals surface area contributed by atoms with Gasteiger partial charge in [0, 0.05) is 19.3 Å². The van der Waals surface area contributed by atoms with Gasteiger partial charge in [-0.3, -0.25) is 0 Å². The molecule has 1 N–H and O–H groups in total. The Balaban J connectivity index is 2.33. The molecule has 2 rings (SSSR count). The van der Waals surface area contributed by atoms with Crippen molar-refractivity contribution < 1.29 is 9.90 Å². The van der Waals surface area contributed by atoms with Gasteiger partial charge in [0.25, 0.3) is 0 Å². The van der Waals surface area contributed by atoms with Gasteiger partial charge in [0.2, 0.25) is 0 Å². The first-order valence-corrected chi connectivity index (χ1v) is 6.07. The van der Waals surface area contributed by atoms with Gasteiger partial charge in [0.05, 0.1) is 0 Å². The van der Waals surface area contributed by atoms with Crippen LogP contribution in [0.15, 0.2) is 12.3 Å². The Bertz CT molecular complexity index is 431. The first kappa shape index (κ1) is 11.9. The lowest BCUT2D eigenvalue weighted by atomic mass is 10.1. The van der Waals surface area contributed by atoms with Crippen LogP contribution in [0, 0.1) is 12.8 Å². The summed E-state index contributed by atoms with van der Waals surface area (Å²) in [6.07, 6.45) is 3.96. The van der Waals surface area contributed by atoms with Gasteiger partial charge in [0.1, 0.15) is 11.4 Å². The van der Waals surface area contributed by atoms with Crippen LogP contribution in [0.1, 0.15) is 35.7 Å². The van der Waals surface area contributed by atoms with Crippen molar-refractivity contribution in [3.05, 3.63) is 23.4 Å². The molecule has 92 valence electrons. The quantitative estimate of drug-likeness (QED) is 0.872. The zero-order valence-electron chi connectivity index (χ0n) is 10.3. The lowest BCUT2D eigenvalue weighted by molar-refractivity contribution is 0.0696. The topological polar surface area (TPSA) is 53.4 Å². The van der Waals surface area contributed by atoms with E-state index in [0.717, 1.165) is 31.5 Å². The second-order valence-corrected chi connectivity index (χ2v) is 4.64. The van der Waals surface area contributed by atoms with Gasteiger partial charge in [-0.05, 0) is 30.9 Å². The molecule has 1 atom stereocenters. The van der Waals surface area contributed by atoms with Crippen molar-refractivity contribution in [3.8, 4) is 0 Å². The molecular formula is C13H18N2O2. The number of aromatic nitrogens is 1. The number of hydrogen-bond donors (Lipinski definition) is 1. The van der Waals surface area contributed by atoms with Crippen molar-refractivity contribution in [2.45, 2.75) is 26.7 Å². The van der Waals surface area contributed by atoms with Gasteiger partial charge in [0.15, 0.2) is 0 Å². The van der Waals surface area contributed by atoms with E-state index in [9.17, 15) is 9.90 Å². The van der Waals surface area contributed by atoms with Crippen molar-refractivity contribution in [2.24, 2.45) is 5.92 Å². The molecule has 0 aliphatic carbocycles. The summed E-state index contributed by atoms with van der Waals surface area (Å²) >= 11 is 0. The number of anilines is 1. The highest BCUT2D eigenvalue weighted by atomic mass is 16.4. The fourth-order valence-electron chi connectivity index (χ4n) is 2.41. The number of carboxylic acid groups (broad SMARTS) is 1. The number of pyridine rings is 1. The number of aryl methyl sites for hydroxylation is 1. The molecule has 0 aromatic carbocycles. The summed E-state index contributed by atoms with van der Waals surface area (Å²) in [7, 11) is 0. The van der Waals surface area contributed by atoms with E-state index < -0.39 is 5.97 Å². The summed E-state index contributed by atoms with van der Waals surface area (Å²) in [6.45, 7) is 5.83. The van der Waals surface area contributed by atoms with Crippen LogP contribution in [0.3, 0.4) is 0 Å². The molecule has 2 heterocycles. The van der Waals surface area contributed by atoms with Crippen LogP contribution in [0.2, 0.25) is 0 Å². The lowest BCUT2D eigenvalue weighted by Crippen LogP contribution is -2.24. The van der Waals surface area contributed by atoms with Crippen LogP contribution < -0.4 is 4.90 Å². The predicted octanol–water partition coefficient (Wildman–Crippen LogP) is 2.32. The summed E-state index contributed by atoms with van der Waals surface area (Å²) in [4.78, 5) is 17.6. The molecule has 17 heavy (non-hydrogen) atoms. The van der Waals surface area contributed by atoms with Crippen LogP contribution in [-0.2, 0) is 0 Å². The Morgan fingerprint density at radius 1 is 1.65 bits per heavy atom. The van der Waals surface area contributed by atoms with E-state index in [1.807, 2.05) is 6.92 Å². The van der Waals surface area contributed by atoms with Gasteiger partial charge >= 0.3 is 5.97 Å². The number of carbonyl (C=O) groups is 1. The van der Waals surface area contributed by atoms with Crippen LogP contribution in [-0.4, -0.2) is 29.1 Å². The fraction of sp³-hybridized carbons (Fsp3) is 0.538. The van der Waals surface area contributed by atoms with Crippen LogP contribution in [0.5, 0.6) is 0 Å². The minimum Gasteiger partial charge on any atom is -0.478 e. The van der Waals surface area contributed by atoms with Gasteiger partial charge < -0.3 is 10.0 Å². The van der Waals surface area contributed by atoms with Crippen molar-refractivity contribution in [1.82, 2.24) is 4.98 Å². The molecule has 0 saturated carbocycles. The van der Waals surface area contributed by atoms with E-state index in [4.69, 9.17) is 0 Å². The average molecular weight is 234 g/mol. The van der Waals surface area contributed by atoms with Crippen molar-refractivity contribution >= 4 is 11.8 Å². The smallest absolute Gasteiger partial charge is 0.339 e. The highest BCUT2D eigenvalue weighted by Gasteiger charge is 2.26. The standard InChI is InChI=1S/C13H18N2O2/c1-3-10-5-7-15(8-10)12-11(13(16)17)9(2)4-6-14-12/h4,6,10H,3,5,7-8H2,1-2H3,(H,16,17). The molecule has 0 amide bonds. The van der Waals surface area contributed by atoms with E-state index in [2.05, 4.69) is 16.8 Å². The Labute approximate surface area is 101 Å². The summed E-state index contributed by atoms with van der Waals surface area (Å²) < 4.78 is 0. The lowest BCUT2D eigenvalue weighted by Gasteiger charge is -2.20. The molecule has 1 aliphatic rings. The van der Waals surface area contributed by atoms with Crippen LogP contribution >= 0.6 is 0 Å². The molecule has 4 heteroatoms. The molecule has 0 spiro atoms. The molecule has 1 aromatic heterocycles. The molecule has 1 aromatic rings. The summed E-state index contributed by atoms with van der Waals surface area (Å²) in [5, 5.41) is 9.26. The van der Waals surface area contributed by atoms with Crippen LogP contribution in [0.25, 0.3) is 0 Å². The maximum Gasteiger partial charge on any atom is 0.339 e. The highest BCUT2D eigenvalue weighted by molar-refractivity contribution is 5.95. The van der Waals surface area contributed by atoms with Gasteiger partial charge in [-0.15, -0.1) is 0 Å². The molecule has 0 radical (unpaired) electrons. The van der Waals surface area contributed by atoms with E-state index in [1.165, 1.54) is 0 Å². The van der Waals surface area contributed by atoms with Gasteiger partial charge in [-0.1, -0.05) is 13.3 Å². The van der Waals surface area contributed by atoms with Gasteiger partial charge in [-0.2, -0.15) is 0 Å². The normalized spacial score (nSPS) is 19.6. The Hall–Kier alpha value is -1.58. The molecule has 1 aliphatic heterocycles. The minimum absolute atomic E-state index is 0.351. The van der Waals surface area contributed by atoms with E-state index in [1.54, 1.807) is 12.3 Å². The van der Waals surface area contributed by atoms with Crippen LogP contribution in [0.4, 0.5) is 5.82 Å². The number of nitrogens with zero attached hydrogens (tertiary/aromatic N) is 2. The van der Waals surface area contributed by atoms with Crippen molar-refractivity contribution in [3.63, 3.8) is 0 Å². The first-order valence-electron chi connectivity index (χ1n) is 6.07. The molecule has 1 fully saturated rings. The fourth-order valence-corrected chi connectivity index (χ4v) is 2.41. The second kappa shape index (κ2) is 4.73. The SMILES string of the molecule is CCC1CCN(c2nccc(C)c2C(=O)O)C1. The largest absolute Gasteiger partial charge is 0.478 e. The monoisotopic (exact) mass is 234 g/mol. The third-order valence-corrected chi connectivity index (χ3v) is 3.52. The summed E-state index contributed by atoms with van der Waals surface area (Å²) in [6, 6.07) is 1.75. The number of carboxylic acids is 1. The molecule has 0 bridgehead atoms. The highest BCUT2D eigenvalue weighted by Crippen LogP contribution is 2.28. The Kier molecular flexibility index (Phi) is 3.31. The third kappa shape index (κ3) is 2.25. The second-order valence-electron chi connectivity index (χ2n) is 4.64. The number of rotatable bonds is 3. The van der Waals surface area contributed by atoms with E-state index in [0.29, 0.717) is 17.3 Å². The van der Waals surface area contributed by atoms with Crippen molar-refractivity contribution in [2.75, 3.05) is 18.0 Å². The molecule has 1 unspecified atom stereocenters.